The van der Waals surface area contributed by atoms with E-state index >= 15 is 0 Å². The molecule has 106 valence electrons. The van der Waals surface area contributed by atoms with Crippen molar-refractivity contribution in [2.75, 3.05) is 12.8 Å². The summed E-state index contributed by atoms with van der Waals surface area (Å²) < 4.78 is 18.7. The fourth-order valence-corrected chi connectivity index (χ4v) is 2.40. The third-order valence-corrected chi connectivity index (χ3v) is 3.46. The second-order valence-electron chi connectivity index (χ2n) is 4.86. The first-order valence-electron chi connectivity index (χ1n) is 6.64. The van der Waals surface area contributed by atoms with Gasteiger partial charge in [0.15, 0.2) is 0 Å². The van der Waals surface area contributed by atoms with E-state index in [1.54, 1.807) is 13.2 Å². The maximum absolute atomic E-state index is 13.3. The number of hydrogen-bond donors (Lipinski definition) is 1. The summed E-state index contributed by atoms with van der Waals surface area (Å²) in [7, 11) is 1.64. The van der Waals surface area contributed by atoms with Crippen molar-refractivity contribution in [3.8, 4) is 5.75 Å². The molecule has 4 heteroatoms. The normalized spacial score (nSPS) is 10.8. The summed E-state index contributed by atoms with van der Waals surface area (Å²) >= 11 is 0. The van der Waals surface area contributed by atoms with E-state index in [0.717, 1.165) is 22.3 Å². The zero-order valence-electron chi connectivity index (χ0n) is 11.6. The number of nitrogens with two attached hydrogens (primary N) is 1. The molecular weight excluding hydrogens is 267 g/mol. The molecule has 0 atom stereocenters. The molecule has 0 fully saturated rings. The molecular formula is C17H15FN2O. The molecule has 3 nitrogen and oxygen atoms in total. The Labute approximate surface area is 122 Å². The van der Waals surface area contributed by atoms with Gasteiger partial charge < -0.3 is 10.5 Å². The predicted molar refractivity (Wildman–Crippen MR) is 81.9 cm³/mol. The first-order valence-corrected chi connectivity index (χ1v) is 6.64. The number of anilines is 1. The first kappa shape index (κ1) is 13.4. The third-order valence-electron chi connectivity index (χ3n) is 3.46. The van der Waals surface area contributed by atoms with Gasteiger partial charge in [-0.1, -0.05) is 18.2 Å². The van der Waals surface area contributed by atoms with Crippen molar-refractivity contribution in [1.82, 2.24) is 4.98 Å². The van der Waals surface area contributed by atoms with Crippen LogP contribution in [0.4, 0.5) is 10.2 Å². The molecule has 0 spiro atoms. The van der Waals surface area contributed by atoms with Crippen LogP contribution in [0.15, 0.2) is 48.5 Å². The fraction of sp³-hybridized carbons (Fsp3) is 0.118. The highest BCUT2D eigenvalue weighted by atomic mass is 19.1. The van der Waals surface area contributed by atoms with Crippen LogP contribution < -0.4 is 10.5 Å². The lowest BCUT2D eigenvalue weighted by atomic mass is 10.0. The number of methoxy groups -OCH3 is 1. The quantitative estimate of drug-likeness (QED) is 0.799. The number of nitrogen functional groups attached to an aromatic ring is 1. The number of para-hydroxylation sites is 1. The van der Waals surface area contributed by atoms with Crippen LogP contribution in [-0.2, 0) is 6.42 Å². The van der Waals surface area contributed by atoms with Crippen LogP contribution in [0.2, 0.25) is 0 Å². The zero-order valence-corrected chi connectivity index (χ0v) is 11.6. The second-order valence-corrected chi connectivity index (χ2v) is 4.86. The lowest BCUT2D eigenvalue weighted by Gasteiger charge is -2.10. The Balaban J connectivity index is 2.05. The number of fused-ring (bicyclic) bond motifs is 1. The van der Waals surface area contributed by atoms with E-state index in [2.05, 4.69) is 4.98 Å². The highest BCUT2D eigenvalue weighted by molar-refractivity contribution is 5.81. The van der Waals surface area contributed by atoms with Gasteiger partial charge in [-0.25, -0.2) is 9.37 Å². The van der Waals surface area contributed by atoms with Crippen molar-refractivity contribution in [2.45, 2.75) is 6.42 Å². The third kappa shape index (κ3) is 2.65. The van der Waals surface area contributed by atoms with Crippen LogP contribution in [0, 0.1) is 5.82 Å². The topological polar surface area (TPSA) is 48.1 Å². The van der Waals surface area contributed by atoms with E-state index in [1.165, 1.54) is 12.1 Å². The van der Waals surface area contributed by atoms with Gasteiger partial charge in [-0.3, -0.25) is 0 Å². The smallest absolute Gasteiger partial charge is 0.127 e. The number of rotatable bonds is 3. The number of halogens is 1. The van der Waals surface area contributed by atoms with Gasteiger partial charge >= 0.3 is 0 Å². The zero-order chi connectivity index (χ0) is 14.8. The number of nitrogens with zero attached hydrogens (tertiary/aromatic N) is 1. The summed E-state index contributed by atoms with van der Waals surface area (Å²) in [4.78, 5) is 4.34. The number of pyridine rings is 1. The van der Waals surface area contributed by atoms with Gasteiger partial charge in [-0.2, -0.15) is 0 Å². The molecule has 3 aromatic rings. The lowest BCUT2D eigenvalue weighted by molar-refractivity contribution is 0.410. The van der Waals surface area contributed by atoms with Crippen LogP contribution in [0.25, 0.3) is 10.9 Å². The van der Waals surface area contributed by atoms with E-state index in [9.17, 15) is 4.39 Å². The average Bonchev–Trinajstić information content (AvgIpc) is 2.49. The molecule has 0 bridgehead atoms. The molecule has 0 unspecified atom stereocenters. The van der Waals surface area contributed by atoms with Gasteiger partial charge in [0.25, 0.3) is 0 Å². The molecule has 0 saturated carbocycles. The van der Waals surface area contributed by atoms with Gasteiger partial charge in [-0.15, -0.1) is 0 Å². The Morgan fingerprint density at radius 1 is 1.10 bits per heavy atom. The van der Waals surface area contributed by atoms with Crippen LogP contribution in [-0.4, -0.2) is 12.1 Å². The number of aromatic nitrogens is 1. The predicted octanol–water partition coefficient (Wildman–Crippen LogP) is 3.56. The van der Waals surface area contributed by atoms with Gasteiger partial charge in [0.05, 0.1) is 12.6 Å². The second kappa shape index (κ2) is 5.40. The summed E-state index contributed by atoms with van der Waals surface area (Å²) in [5, 5.41) is 0.745. The van der Waals surface area contributed by atoms with E-state index < -0.39 is 0 Å². The summed E-state index contributed by atoms with van der Waals surface area (Å²) in [6, 6.07) is 14.1. The molecule has 0 radical (unpaired) electrons. The highest BCUT2D eigenvalue weighted by Crippen LogP contribution is 2.25. The largest absolute Gasteiger partial charge is 0.496 e. The van der Waals surface area contributed by atoms with Gasteiger partial charge in [-0.05, 0) is 41.5 Å². The van der Waals surface area contributed by atoms with Gasteiger partial charge in [0.2, 0.25) is 0 Å². The van der Waals surface area contributed by atoms with Crippen LogP contribution in [0.1, 0.15) is 11.1 Å². The Morgan fingerprint density at radius 3 is 2.71 bits per heavy atom. The monoisotopic (exact) mass is 282 g/mol. The lowest BCUT2D eigenvalue weighted by Crippen LogP contribution is -2.01. The van der Waals surface area contributed by atoms with Crippen molar-refractivity contribution in [1.29, 1.82) is 0 Å². The summed E-state index contributed by atoms with van der Waals surface area (Å²) in [5.41, 5.74) is 8.59. The SMILES string of the molecule is COc1ccccc1Cc1cc2cc(F)ccc2nc1N. The minimum absolute atomic E-state index is 0.280. The van der Waals surface area contributed by atoms with Crippen LogP contribution >= 0.6 is 0 Å². The minimum Gasteiger partial charge on any atom is -0.496 e. The molecule has 0 saturated heterocycles. The number of hydrogen-bond acceptors (Lipinski definition) is 3. The molecule has 1 heterocycles. The van der Waals surface area contributed by atoms with Crippen molar-refractivity contribution < 1.29 is 9.13 Å². The average molecular weight is 282 g/mol. The molecule has 0 aliphatic heterocycles. The minimum atomic E-state index is -0.280. The standard InChI is InChI=1S/C17H15FN2O/c1-21-16-5-3-2-4-11(16)8-13-9-12-10-14(18)6-7-15(12)20-17(13)19/h2-7,9-10H,8H2,1H3,(H2,19,20). The molecule has 2 N–H and O–H groups in total. The maximum atomic E-state index is 13.3. The summed E-state index contributed by atoms with van der Waals surface area (Å²) in [6.45, 7) is 0. The molecule has 2 aromatic carbocycles. The molecule has 1 aromatic heterocycles. The molecule has 0 amide bonds. The Bertz CT molecular complexity index is 802. The van der Waals surface area contributed by atoms with Crippen molar-refractivity contribution in [2.24, 2.45) is 0 Å². The summed E-state index contributed by atoms with van der Waals surface area (Å²) in [5.74, 6) is 0.980. The molecule has 0 aliphatic rings. The van der Waals surface area contributed by atoms with Crippen molar-refractivity contribution in [3.63, 3.8) is 0 Å². The van der Waals surface area contributed by atoms with E-state index in [1.807, 2.05) is 30.3 Å². The van der Waals surface area contributed by atoms with Gasteiger partial charge in [0.1, 0.15) is 17.4 Å². The first-order chi connectivity index (χ1) is 10.2. The van der Waals surface area contributed by atoms with Gasteiger partial charge in [0, 0.05) is 11.8 Å². The Morgan fingerprint density at radius 2 is 1.90 bits per heavy atom. The van der Waals surface area contributed by atoms with E-state index in [-0.39, 0.29) is 5.82 Å². The molecule has 21 heavy (non-hydrogen) atoms. The fourth-order valence-electron chi connectivity index (χ4n) is 2.40. The number of benzene rings is 2. The highest BCUT2D eigenvalue weighted by Gasteiger charge is 2.09. The summed E-state index contributed by atoms with van der Waals surface area (Å²) in [6.07, 6.45) is 0.593. The molecule has 0 aliphatic carbocycles. The Kier molecular flexibility index (Phi) is 3.44. The molecule has 3 rings (SSSR count). The maximum Gasteiger partial charge on any atom is 0.127 e. The van der Waals surface area contributed by atoms with Crippen LogP contribution in [0.3, 0.4) is 0 Å². The van der Waals surface area contributed by atoms with E-state index in [4.69, 9.17) is 10.5 Å². The Hall–Kier alpha value is -2.62. The number of ether oxygens (including phenoxy) is 1. The van der Waals surface area contributed by atoms with Crippen LogP contribution in [0.5, 0.6) is 5.75 Å². The van der Waals surface area contributed by atoms with Crippen molar-refractivity contribution in [3.05, 3.63) is 65.5 Å². The van der Waals surface area contributed by atoms with Crippen molar-refractivity contribution >= 4 is 16.7 Å². The van der Waals surface area contributed by atoms with E-state index in [0.29, 0.717) is 17.8 Å².